The number of methoxy groups -OCH3 is 1. The number of hydrogen-bond donors (Lipinski definition) is 2. The Balaban J connectivity index is 2.54. The molecule has 0 aromatic heterocycles. The molecule has 0 heterocycles. The van der Waals surface area contributed by atoms with Crippen molar-refractivity contribution in [1.82, 2.24) is 5.32 Å². The highest BCUT2D eigenvalue weighted by Crippen LogP contribution is 2.29. The van der Waals surface area contributed by atoms with E-state index < -0.39 is 6.61 Å². The summed E-state index contributed by atoms with van der Waals surface area (Å²) in [6, 6.07) is 4.72. The van der Waals surface area contributed by atoms with Crippen molar-refractivity contribution >= 4 is 5.96 Å². The van der Waals surface area contributed by atoms with Crippen molar-refractivity contribution in [1.29, 1.82) is 0 Å². The van der Waals surface area contributed by atoms with E-state index >= 15 is 0 Å². The molecule has 0 saturated carbocycles. The smallest absolute Gasteiger partial charge is 0.387 e. The predicted octanol–water partition coefficient (Wildman–Crippen LogP) is 2.13. The molecular weight excluding hydrogens is 308 g/mol. The molecule has 0 amide bonds. The van der Waals surface area contributed by atoms with Crippen LogP contribution >= 0.6 is 0 Å². The number of ether oxygens (including phenoxy) is 3. The molecule has 1 aromatic carbocycles. The van der Waals surface area contributed by atoms with Crippen molar-refractivity contribution < 1.29 is 23.0 Å². The van der Waals surface area contributed by atoms with Crippen LogP contribution in [0.5, 0.6) is 11.5 Å². The monoisotopic (exact) mass is 331 g/mol. The molecule has 130 valence electrons. The van der Waals surface area contributed by atoms with Gasteiger partial charge >= 0.3 is 6.61 Å². The number of halogens is 2. The molecule has 8 heteroatoms. The van der Waals surface area contributed by atoms with Crippen LogP contribution in [-0.4, -0.2) is 39.4 Å². The Morgan fingerprint density at radius 2 is 2.13 bits per heavy atom. The third-order valence-electron chi connectivity index (χ3n) is 2.85. The van der Waals surface area contributed by atoms with Gasteiger partial charge in [-0.3, -0.25) is 0 Å². The van der Waals surface area contributed by atoms with Gasteiger partial charge in [0.2, 0.25) is 0 Å². The molecule has 3 N–H and O–H groups in total. The summed E-state index contributed by atoms with van der Waals surface area (Å²) in [5, 5.41) is 2.95. The summed E-state index contributed by atoms with van der Waals surface area (Å²) in [5.74, 6) is 0.493. The number of guanidine groups is 1. The number of nitrogens with two attached hydrogens (primary N) is 1. The molecule has 1 rings (SSSR count). The lowest BCUT2D eigenvalue weighted by atomic mass is 10.2. The first-order valence-electron chi connectivity index (χ1n) is 7.30. The summed E-state index contributed by atoms with van der Waals surface area (Å²) < 4.78 is 39.3. The lowest BCUT2D eigenvalue weighted by Gasteiger charge is -2.11. The highest BCUT2D eigenvalue weighted by atomic mass is 19.3. The molecule has 6 nitrogen and oxygen atoms in total. The highest BCUT2D eigenvalue weighted by Gasteiger charge is 2.11. The van der Waals surface area contributed by atoms with E-state index in [0.717, 1.165) is 6.42 Å². The van der Waals surface area contributed by atoms with E-state index in [1.54, 1.807) is 12.1 Å². The van der Waals surface area contributed by atoms with Gasteiger partial charge in [0, 0.05) is 19.8 Å². The summed E-state index contributed by atoms with van der Waals surface area (Å²) in [7, 11) is 1.38. The molecule has 0 fully saturated rings. The van der Waals surface area contributed by atoms with Crippen molar-refractivity contribution in [2.45, 2.75) is 26.5 Å². The Hall–Kier alpha value is -2.09. The van der Waals surface area contributed by atoms with Gasteiger partial charge in [-0.05, 0) is 31.0 Å². The molecule has 0 aliphatic heterocycles. The zero-order valence-electron chi connectivity index (χ0n) is 13.4. The molecule has 0 radical (unpaired) electrons. The number of hydrogen-bond acceptors (Lipinski definition) is 4. The quantitative estimate of drug-likeness (QED) is 0.390. The van der Waals surface area contributed by atoms with Gasteiger partial charge < -0.3 is 25.3 Å². The Kier molecular flexibility index (Phi) is 8.74. The third-order valence-corrected chi connectivity index (χ3v) is 2.85. The SMILES string of the molecule is CCOCCCNC(N)=NCc1ccc(OC)c(OC(F)F)c1. The second kappa shape index (κ2) is 10.6. The third kappa shape index (κ3) is 7.64. The fourth-order valence-corrected chi connectivity index (χ4v) is 1.77. The number of rotatable bonds is 10. The number of nitrogens with one attached hydrogen (secondary N) is 1. The van der Waals surface area contributed by atoms with E-state index in [1.165, 1.54) is 13.2 Å². The number of nitrogens with zero attached hydrogens (tertiary/aromatic N) is 1. The van der Waals surface area contributed by atoms with E-state index in [1.807, 2.05) is 6.92 Å². The minimum Gasteiger partial charge on any atom is -0.493 e. The summed E-state index contributed by atoms with van der Waals surface area (Å²) in [5.41, 5.74) is 6.41. The first-order valence-corrected chi connectivity index (χ1v) is 7.30. The van der Waals surface area contributed by atoms with E-state index in [2.05, 4.69) is 15.0 Å². The van der Waals surface area contributed by atoms with E-state index in [9.17, 15) is 8.78 Å². The topological polar surface area (TPSA) is 78.1 Å². The van der Waals surface area contributed by atoms with Crippen molar-refractivity contribution in [2.24, 2.45) is 10.7 Å². The predicted molar refractivity (Wildman–Crippen MR) is 84.1 cm³/mol. The summed E-state index contributed by atoms with van der Waals surface area (Å²) in [6.07, 6.45) is 0.818. The van der Waals surface area contributed by atoms with Crippen LogP contribution in [0.3, 0.4) is 0 Å². The highest BCUT2D eigenvalue weighted by molar-refractivity contribution is 5.77. The second-order valence-corrected chi connectivity index (χ2v) is 4.54. The standard InChI is InChI=1S/C15H23F2N3O3/c1-3-22-8-4-7-19-15(18)20-10-11-5-6-12(21-2)13(9-11)23-14(16)17/h5-6,9,14H,3-4,7-8,10H2,1-2H3,(H3,18,19,20). The molecule has 23 heavy (non-hydrogen) atoms. The zero-order chi connectivity index (χ0) is 17.1. The minimum atomic E-state index is -2.92. The van der Waals surface area contributed by atoms with Gasteiger partial charge in [0.25, 0.3) is 0 Å². The molecule has 0 bridgehead atoms. The maximum Gasteiger partial charge on any atom is 0.387 e. The van der Waals surface area contributed by atoms with Crippen molar-refractivity contribution in [2.75, 3.05) is 26.9 Å². The summed E-state index contributed by atoms with van der Waals surface area (Å²) in [6.45, 7) is 1.25. The van der Waals surface area contributed by atoms with Gasteiger partial charge in [-0.25, -0.2) is 4.99 Å². The van der Waals surface area contributed by atoms with Crippen LogP contribution < -0.4 is 20.5 Å². The maximum absolute atomic E-state index is 12.4. The Labute approximate surface area is 134 Å². The molecule has 0 atom stereocenters. The normalized spacial score (nSPS) is 11.6. The maximum atomic E-state index is 12.4. The molecule has 0 aliphatic carbocycles. The molecule has 1 aromatic rings. The van der Waals surface area contributed by atoms with Crippen LogP contribution in [0.15, 0.2) is 23.2 Å². The lowest BCUT2D eigenvalue weighted by molar-refractivity contribution is -0.0512. The van der Waals surface area contributed by atoms with Crippen molar-refractivity contribution in [3.8, 4) is 11.5 Å². The van der Waals surface area contributed by atoms with Crippen molar-refractivity contribution in [3.05, 3.63) is 23.8 Å². The van der Waals surface area contributed by atoms with Crippen molar-refractivity contribution in [3.63, 3.8) is 0 Å². The van der Waals surface area contributed by atoms with E-state index in [4.69, 9.17) is 15.2 Å². The van der Waals surface area contributed by atoms with E-state index in [0.29, 0.717) is 25.3 Å². The number of alkyl halides is 2. The lowest BCUT2D eigenvalue weighted by Crippen LogP contribution is -2.32. The van der Waals surface area contributed by atoms with Crippen LogP contribution in [0.25, 0.3) is 0 Å². The van der Waals surface area contributed by atoms with Crippen LogP contribution in [0, 0.1) is 0 Å². The van der Waals surface area contributed by atoms with Gasteiger partial charge in [-0.15, -0.1) is 0 Å². The molecule has 0 saturated heterocycles. The number of aliphatic imine (C=N–C) groups is 1. The van der Waals surface area contributed by atoms with Crippen LogP contribution in [-0.2, 0) is 11.3 Å². The Morgan fingerprint density at radius 1 is 1.35 bits per heavy atom. The molecular formula is C15H23F2N3O3. The largest absolute Gasteiger partial charge is 0.493 e. The average Bonchev–Trinajstić information content (AvgIpc) is 2.52. The Bertz CT molecular complexity index is 499. The Morgan fingerprint density at radius 3 is 2.78 bits per heavy atom. The molecule has 0 spiro atoms. The fourth-order valence-electron chi connectivity index (χ4n) is 1.77. The summed E-state index contributed by atoms with van der Waals surface area (Å²) >= 11 is 0. The summed E-state index contributed by atoms with van der Waals surface area (Å²) in [4.78, 5) is 4.15. The van der Waals surface area contributed by atoms with E-state index in [-0.39, 0.29) is 24.0 Å². The second-order valence-electron chi connectivity index (χ2n) is 4.54. The first kappa shape index (κ1) is 19.0. The molecule has 0 unspecified atom stereocenters. The van der Waals surface area contributed by atoms with Crippen LogP contribution in [0.2, 0.25) is 0 Å². The van der Waals surface area contributed by atoms with Gasteiger partial charge in [0.1, 0.15) is 0 Å². The van der Waals surface area contributed by atoms with Gasteiger partial charge in [0.05, 0.1) is 13.7 Å². The average molecular weight is 331 g/mol. The molecule has 0 aliphatic rings. The zero-order valence-corrected chi connectivity index (χ0v) is 13.4. The minimum absolute atomic E-state index is 0.0292. The first-order chi connectivity index (χ1) is 11.1. The van der Waals surface area contributed by atoms with Gasteiger partial charge in [-0.2, -0.15) is 8.78 Å². The van der Waals surface area contributed by atoms with Crippen LogP contribution in [0.1, 0.15) is 18.9 Å². The van der Waals surface area contributed by atoms with Crippen LogP contribution in [0.4, 0.5) is 8.78 Å². The fraction of sp³-hybridized carbons (Fsp3) is 0.533. The van der Waals surface area contributed by atoms with Gasteiger partial charge in [0.15, 0.2) is 17.5 Å². The number of benzene rings is 1. The van der Waals surface area contributed by atoms with Gasteiger partial charge in [-0.1, -0.05) is 6.07 Å².